The molecule has 21 heavy (non-hydrogen) atoms. The minimum absolute atomic E-state index is 0.270. The molecule has 120 valence electrons. The molecule has 5 nitrogen and oxygen atoms in total. The van der Waals surface area contributed by atoms with Gasteiger partial charge in [-0.1, -0.05) is 0 Å². The number of carboxylic acid groups (broad SMARTS) is 1. The van der Waals surface area contributed by atoms with Crippen LogP contribution in [0.3, 0.4) is 0 Å². The minimum Gasteiger partial charge on any atom is -0.480 e. The Morgan fingerprint density at radius 3 is 2.86 bits per heavy atom. The van der Waals surface area contributed by atoms with Gasteiger partial charge in [0.1, 0.15) is 5.54 Å². The van der Waals surface area contributed by atoms with Crippen LogP contribution in [0, 0.1) is 0 Å². The van der Waals surface area contributed by atoms with E-state index in [0.717, 1.165) is 32.4 Å². The SMILES string of the molecule is CC(CC(C)(NC1CC1)C(=O)O)N1CCOC2CCCC21. The highest BCUT2D eigenvalue weighted by Gasteiger charge is 2.43. The zero-order valence-electron chi connectivity index (χ0n) is 13.2. The van der Waals surface area contributed by atoms with Gasteiger partial charge in [0.05, 0.1) is 12.7 Å². The van der Waals surface area contributed by atoms with Crippen molar-refractivity contribution in [2.24, 2.45) is 0 Å². The maximum Gasteiger partial charge on any atom is 0.323 e. The van der Waals surface area contributed by atoms with Crippen LogP contribution in [-0.4, -0.2) is 58.9 Å². The number of nitrogens with one attached hydrogen (secondary N) is 1. The van der Waals surface area contributed by atoms with Crippen molar-refractivity contribution < 1.29 is 14.6 Å². The van der Waals surface area contributed by atoms with Crippen molar-refractivity contribution in [3.8, 4) is 0 Å². The molecule has 1 saturated heterocycles. The number of carboxylic acids is 1. The Balaban J connectivity index is 1.65. The Morgan fingerprint density at radius 1 is 1.43 bits per heavy atom. The van der Waals surface area contributed by atoms with Crippen molar-refractivity contribution in [2.45, 2.75) is 82.1 Å². The number of aliphatic carboxylic acids is 1. The van der Waals surface area contributed by atoms with E-state index in [-0.39, 0.29) is 6.04 Å². The molecular weight excluding hydrogens is 268 g/mol. The minimum atomic E-state index is -0.813. The summed E-state index contributed by atoms with van der Waals surface area (Å²) in [6.45, 7) is 5.74. The molecule has 3 fully saturated rings. The van der Waals surface area contributed by atoms with Gasteiger partial charge < -0.3 is 9.84 Å². The van der Waals surface area contributed by atoms with Crippen LogP contribution in [0.4, 0.5) is 0 Å². The van der Waals surface area contributed by atoms with Gasteiger partial charge in [-0.25, -0.2) is 0 Å². The summed E-state index contributed by atoms with van der Waals surface area (Å²) in [5.74, 6) is -0.725. The summed E-state index contributed by atoms with van der Waals surface area (Å²) in [5.41, 5.74) is -0.813. The molecule has 2 aliphatic carbocycles. The number of morpholine rings is 1. The lowest BCUT2D eigenvalue weighted by Crippen LogP contribution is -2.58. The Morgan fingerprint density at radius 2 is 2.19 bits per heavy atom. The molecule has 0 radical (unpaired) electrons. The van der Waals surface area contributed by atoms with Crippen LogP contribution in [0.15, 0.2) is 0 Å². The molecular formula is C16H28N2O3. The number of hydrogen-bond donors (Lipinski definition) is 2. The largest absolute Gasteiger partial charge is 0.480 e. The predicted molar refractivity (Wildman–Crippen MR) is 80.4 cm³/mol. The quantitative estimate of drug-likeness (QED) is 0.780. The molecule has 4 unspecified atom stereocenters. The van der Waals surface area contributed by atoms with Crippen LogP contribution in [0.1, 0.15) is 52.4 Å². The predicted octanol–water partition coefficient (Wildman–Crippen LogP) is 1.61. The van der Waals surface area contributed by atoms with E-state index < -0.39 is 11.5 Å². The first kappa shape index (κ1) is 15.3. The second kappa shape index (κ2) is 5.86. The maximum atomic E-state index is 11.7. The molecule has 4 atom stereocenters. The molecule has 0 aromatic rings. The van der Waals surface area contributed by atoms with Crippen LogP contribution >= 0.6 is 0 Å². The summed E-state index contributed by atoms with van der Waals surface area (Å²) >= 11 is 0. The average Bonchev–Trinajstić information content (AvgIpc) is 3.10. The first-order valence-corrected chi connectivity index (χ1v) is 8.38. The molecule has 3 aliphatic rings. The van der Waals surface area contributed by atoms with E-state index in [0.29, 0.717) is 24.6 Å². The van der Waals surface area contributed by atoms with Gasteiger partial charge in [-0.3, -0.25) is 15.0 Å². The molecule has 1 aliphatic heterocycles. The second-order valence-corrected chi connectivity index (χ2v) is 7.25. The van der Waals surface area contributed by atoms with Crippen molar-refractivity contribution in [1.82, 2.24) is 10.2 Å². The van der Waals surface area contributed by atoms with E-state index in [4.69, 9.17) is 4.74 Å². The number of nitrogens with zero attached hydrogens (tertiary/aromatic N) is 1. The second-order valence-electron chi connectivity index (χ2n) is 7.25. The maximum absolute atomic E-state index is 11.7. The van der Waals surface area contributed by atoms with Crippen molar-refractivity contribution in [3.63, 3.8) is 0 Å². The Labute approximate surface area is 127 Å². The van der Waals surface area contributed by atoms with Crippen LogP contribution in [0.5, 0.6) is 0 Å². The fourth-order valence-corrected chi connectivity index (χ4v) is 4.10. The number of hydrogen-bond acceptors (Lipinski definition) is 4. The Hall–Kier alpha value is -0.650. The topological polar surface area (TPSA) is 61.8 Å². The monoisotopic (exact) mass is 296 g/mol. The van der Waals surface area contributed by atoms with E-state index in [2.05, 4.69) is 17.1 Å². The van der Waals surface area contributed by atoms with E-state index in [9.17, 15) is 9.90 Å². The standard InChI is InChI=1S/C16H28N2O3/c1-11(10-16(2,15(19)20)17-12-6-7-12)18-8-9-21-14-5-3-4-13(14)18/h11-14,17H,3-10H2,1-2H3,(H,19,20). The zero-order chi connectivity index (χ0) is 15.0. The number of ether oxygens (including phenoxy) is 1. The van der Waals surface area contributed by atoms with E-state index in [1.165, 1.54) is 12.8 Å². The Bertz CT molecular complexity index is 399. The first-order valence-electron chi connectivity index (χ1n) is 8.38. The van der Waals surface area contributed by atoms with Crippen molar-refractivity contribution >= 4 is 5.97 Å². The van der Waals surface area contributed by atoms with E-state index >= 15 is 0 Å². The highest BCUT2D eigenvalue weighted by Crippen LogP contribution is 2.33. The fourth-order valence-electron chi connectivity index (χ4n) is 4.10. The summed E-state index contributed by atoms with van der Waals surface area (Å²) in [6.07, 6.45) is 6.82. The van der Waals surface area contributed by atoms with Gasteiger partial charge in [0, 0.05) is 24.7 Å². The number of fused-ring (bicyclic) bond motifs is 1. The highest BCUT2D eigenvalue weighted by molar-refractivity contribution is 5.78. The third-order valence-electron chi connectivity index (χ3n) is 5.37. The van der Waals surface area contributed by atoms with Gasteiger partial charge >= 0.3 is 5.97 Å². The zero-order valence-corrected chi connectivity index (χ0v) is 13.2. The molecule has 0 bridgehead atoms. The number of carbonyl (C=O) groups is 1. The fraction of sp³-hybridized carbons (Fsp3) is 0.938. The third-order valence-corrected chi connectivity index (χ3v) is 5.37. The number of rotatable bonds is 6. The van der Waals surface area contributed by atoms with Gasteiger partial charge in [-0.05, 0) is 52.4 Å². The van der Waals surface area contributed by atoms with Crippen molar-refractivity contribution in [3.05, 3.63) is 0 Å². The van der Waals surface area contributed by atoms with Crippen LogP contribution in [0.25, 0.3) is 0 Å². The molecule has 3 rings (SSSR count). The summed E-state index contributed by atoms with van der Waals surface area (Å²) in [4.78, 5) is 14.2. The lowest BCUT2D eigenvalue weighted by Gasteiger charge is -2.43. The summed E-state index contributed by atoms with van der Waals surface area (Å²) in [5, 5.41) is 13.0. The molecule has 0 aromatic heterocycles. The Kier molecular flexibility index (Phi) is 4.26. The summed E-state index contributed by atoms with van der Waals surface area (Å²) in [6, 6.07) is 1.17. The van der Waals surface area contributed by atoms with Gasteiger partial charge in [0.25, 0.3) is 0 Å². The normalized spacial score (nSPS) is 34.2. The van der Waals surface area contributed by atoms with Gasteiger partial charge in [-0.15, -0.1) is 0 Å². The van der Waals surface area contributed by atoms with Gasteiger partial charge in [-0.2, -0.15) is 0 Å². The molecule has 0 spiro atoms. The van der Waals surface area contributed by atoms with E-state index in [1.54, 1.807) is 0 Å². The molecule has 0 amide bonds. The van der Waals surface area contributed by atoms with Gasteiger partial charge in [0.2, 0.25) is 0 Å². The van der Waals surface area contributed by atoms with Crippen LogP contribution in [0.2, 0.25) is 0 Å². The smallest absolute Gasteiger partial charge is 0.323 e. The molecule has 1 heterocycles. The van der Waals surface area contributed by atoms with E-state index in [1.807, 2.05) is 6.92 Å². The van der Waals surface area contributed by atoms with Gasteiger partial charge in [0.15, 0.2) is 0 Å². The van der Waals surface area contributed by atoms with Crippen LogP contribution in [-0.2, 0) is 9.53 Å². The summed E-state index contributed by atoms with van der Waals surface area (Å²) < 4.78 is 5.86. The lowest BCUT2D eigenvalue weighted by molar-refractivity contribution is -0.146. The molecule has 0 aromatic carbocycles. The van der Waals surface area contributed by atoms with Crippen molar-refractivity contribution in [2.75, 3.05) is 13.2 Å². The van der Waals surface area contributed by atoms with Crippen molar-refractivity contribution in [1.29, 1.82) is 0 Å². The first-order chi connectivity index (χ1) is 9.99. The highest BCUT2D eigenvalue weighted by atomic mass is 16.5. The third kappa shape index (κ3) is 3.25. The molecule has 5 heteroatoms. The average molecular weight is 296 g/mol. The lowest BCUT2D eigenvalue weighted by atomic mass is 9.91. The summed E-state index contributed by atoms with van der Waals surface area (Å²) in [7, 11) is 0. The molecule has 2 N–H and O–H groups in total. The van der Waals surface area contributed by atoms with Crippen LogP contribution < -0.4 is 5.32 Å². The molecule has 2 saturated carbocycles.